The molecule has 0 unspecified atom stereocenters. The van der Waals surface area contributed by atoms with E-state index in [0.29, 0.717) is 5.82 Å². The second kappa shape index (κ2) is 7.20. The predicted octanol–water partition coefficient (Wildman–Crippen LogP) is -0.828. The van der Waals surface area contributed by atoms with E-state index in [2.05, 4.69) is 9.71 Å². The van der Waals surface area contributed by atoms with E-state index in [0.717, 1.165) is 0 Å². The van der Waals surface area contributed by atoms with Gasteiger partial charge in [-0.1, -0.05) is 0 Å². The highest BCUT2D eigenvalue weighted by Gasteiger charge is 2.28. The van der Waals surface area contributed by atoms with Crippen LogP contribution in [0.25, 0.3) is 0 Å². The maximum Gasteiger partial charge on any atom is 0.259 e. The molecule has 9 nitrogen and oxygen atoms in total. The number of nitrogens with one attached hydrogen (secondary N) is 1. The molecule has 0 aromatic carbocycles. The summed E-state index contributed by atoms with van der Waals surface area (Å²) in [5.74, 6) is 0.219. The summed E-state index contributed by atoms with van der Waals surface area (Å²) in [7, 11) is -1.95. The van der Waals surface area contributed by atoms with Crippen molar-refractivity contribution in [1.29, 1.82) is 0 Å². The van der Waals surface area contributed by atoms with E-state index in [1.54, 1.807) is 18.5 Å². The molecular formula is C13H20N4O5S. The quantitative estimate of drug-likeness (QED) is 0.487. The number of hydrogen-bond donors (Lipinski definition) is 1. The molecule has 1 N–H and O–H groups in total. The summed E-state index contributed by atoms with van der Waals surface area (Å²) in [5.41, 5.74) is 0. The number of amides is 2. The van der Waals surface area contributed by atoms with Crippen molar-refractivity contribution in [2.45, 2.75) is 24.8 Å². The molecule has 0 spiro atoms. The van der Waals surface area contributed by atoms with Gasteiger partial charge < -0.3 is 9.30 Å². The van der Waals surface area contributed by atoms with Crippen LogP contribution in [-0.4, -0.2) is 61.0 Å². The summed E-state index contributed by atoms with van der Waals surface area (Å²) in [6.45, 7) is 2.32. The summed E-state index contributed by atoms with van der Waals surface area (Å²) in [6.07, 6.45) is 1.94. The average Bonchev–Trinajstić information content (AvgIpc) is 2.99. The molecule has 23 heavy (non-hydrogen) atoms. The number of imidazole rings is 1. The Morgan fingerprint density at radius 1 is 1.26 bits per heavy atom. The minimum atomic E-state index is -3.66. The fourth-order valence-electron chi connectivity index (χ4n) is 2.11. The molecule has 1 aromatic heterocycles. The van der Waals surface area contributed by atoms with Crippen LogP contribution < -0.4 is 4.72 Å². The van der Waals surface area contributed by atoms with Gasteiger partial charge in [-0.05, 0) is 6.92 Å². The maximum atomic E-state index is 12.0. The summed E-state index contributed by atoms with van der Waals surface area (Å²) < 4.78 is 33.2. The molecule has 10 heteroatoms. The first-order valence-corrected chi connectivity index (χ1v) is 8.70. The van der Waals surface area contributed by atoms with Gasteiger partial charge in [-0.15, -0.1) is 0 Å². The number of nitrogens with zero attached hydrogens (tertiary/aromatic N) is 3. The number of hydrogen-bond acceptors (Lipinski definition) is 6. The predicted molar refractivity (Wildman–Crippen MR) is 79.9 cm³/mol. The van der Waals surface area contributed by atoms with Crippen molar-refractivity contribution in [3.8, 4) is 0 Å². The van der Waals surface area contributed by atoms with Crippen LogP contribution in [0.4, 0.5) is 0 Å². The molecule has 1 fully saturated rings. The van der Waals surface area contributed by atoms with E-state index in [1.807, 2.05) is 0 Å². The van der Waals surface area contributed by atoms with Crippen molar-refractivity contribution in [2.24, 2.45) is 7.05 Å². The Morgan fingerprint density at radius 3 is 2.48 bits per heavy atom. The molecule has 0 radical (unpaired) electrons. The molecule has 2 amide bonds. The summed E-state index contributed by atoms with van der Waals surface area (Å²) in [5, 5.41) is -0.0363. The SMILES string of the molecule is Cc1nc(S(=O)(=O)NCCOCCN2C(=O)CCC2=O)cn1C. The van der Waals surface area contributed by atoms with Gasteiger partial charge in [-0.3, -0.25) is 14.5 Å². The molecule has 1 saturated heterocycles. The van der Waals surface area contributed by atoms with Gasteiger partial charge in [-0.2, -0.15) is 0 Å². The molecule has 1 aliphatic heterocycles. The Bertz CT molecular complexity index is 662. The molecule has 1 aromatic rings. The van der Waals surface area contributed by atoms with Crippen LogP contribution in [0.5, 0.6) is 0 Å². The number of aromatic nitrogens is 2. The van der Waals surface area contributed by atoms with Crippen LogP contribution in [0.1, 0.15) is 18.7 Å². The highest BCUT2D eigenvalue weighted by atomic mass is 32.2. The van der Waals surface area contributed by atoms with Crippen molar-refractivity contribution >= 4 is 21.8 Å². The van der Waals surface area contributed by atoms with Crippen LogP contribution in [0, 0.1) is 6.92 Å². The lowest BCUT2D eigenvalue weighted by Gasteiger charge is -2.13. The van der Waals surface area contributed by atoms with Gasteiger partial charge in [0.25, 0.3) is 10.0 Å². The Labute approximate surface area is 134 Å². The highest BCUT2D eigenvalue weighted by Crippen LogP contribution is 2.10. The summed E-state index contributed by atoms with van der Waals surface area (Å²) >= 11 is 0. The minimum absolute atomic E-state index is 0.0363. The Balaban J connectivity index is 1.69. The van der Waals surface area contributed by atoms with Crippen LogP contribution >= 0.6 is 0 Å². The Hall–Kier alpha value is -1.78. The van der Waals surface area contributed by atoms with Gasteiger partial charge in [0.1, 0.15) is 5.82 Å². The van der Waals surface area contributed by atoms with E-state index >= 15 is 0 Å². The van der Waals surface area contributed by atoms with Gasteiger partial charge in [-0.25, -0.2) is 18.1 Å². The van der Waals surface area contributed by atoms with Crippen molar-refractivity contribution in [3.63, 3.8) is 0 Å². The zero-order valence-corrected chi connectivity index (χ0v) is 13.9. The first-order valence-electron chi connectivity index (χ1n) is 7.22. The van der Waals surface area contributed by atoms with Gasteiger partial charge >= 0.3 is 0 Å². The van der Waals surface area contributed by atoms with Gasteiger partial charge in [0, 0.05) is 32.6 Å². The topological polar surface area (TPSA) is 111 Å². The van der Waals surface area contributed by atoms with Crippen molar-refractivity contribution < 1.29 is 22.7 Å². The first-order chi connectivity index (χ1) is 10.8. The van der Waals surface area contributed by atoms with Gasteiger partial charge in [0.15, 0.2) is 5.03 Å². The number of aryl methyl sites for hydroxylation is 2. The number of ether oxygens (including phenoxy) is 1. The maximum absolute atomic E-state index is 12.0. The fourth-order valence-corrected chi connectivity index (χ4v) is 3.16. The van der Waals surface area contributed by atoms with Gasteiger partial charge in [0.2, 0.25) is 11.8 Å². The lowest BCUT2D eigenvalue weighted by molar-refractivity contribution is -0.139. The molecule has 2 heterocycles. The largest absolute Gasteiger partial charge is 0.378 e. The molecule has 1 aliphatic rings. The zero-order chi connectivity index (χ0) is 17.0. The number of likely N-dealkylation sites (tertiary alicyclic amines) is 1. The van der Waals surface area contributed by atoms with Crippen LogP contribution in [0.15, 0.2) is 11.2 Å². The monoisotopic (exact) mass is 344 g/mol. The van der Waals surface area contributed by atoms with Crippen molar-refractivity contribution in [1.82, 2.24) is 19.2 Å². The number of rotatable bonds is 8. The van der Waals surface area contributed by atoms with Crippen LogP contribution in [0.3, 0.4) is 0 Å². The smallest absolute Gasteiger partial charge is 0.259 e. The number of imide groups is 1. The molecule has 2 rings (SSSR count). The molecule has 0 bridgehead atoms. The minimum Gasteiger partial charge on any atom is -0.378 e. The third-order valence-electron chi connectivity index (χ3n) is 3.51. The lowest BCUT2D eigenvalue weighted by Crippen LogP contribution is -2.33. The third kappa shape index (κ3) is 4.36. The Kier molecular flexibility index (Phi) is 5.50. The lowest BCUT2D eigenvalue weighted by atomic mass is 10.4. The standard InChI is InChI=1S/C13H20N4O5S/c1-10-15-11(9-16(10)2)23(20,21)14-5-7-22-8-6-17-12(18)3-4-13(17)19/h9,14H,3-8H2,1-2H3. The fraction of sp³-hybridized carbons (Fsp3) is 0.615. The Morgan fingerprint density at radius 2 is 1.91 bits per heavy atom. The average molecular weight is 344 g/mol. The summed E-state index contributed by atoms with van der Waals surface area (Å²) in [6, 6.07) is 0. The van der Waals surface area contributed by atoms with Crippen LogP contribution in [-0.2, 0) is 31.4 Å². The van der Waals surface area contributed by atoms with Gasteiger partial charge in [0.05, 0.1) is 19.8 Å². The van der Waals surface area contributed by atoms with E-state index in [9.17, 15) is 18.0 Å². The molecule has 0 saturated carbocycles. The third-order valence-corrected chi connectivity index (χ3v) is 4.85. The molecule has 128 valence electrons. The van der Waals surface area contributed by atoms with E-state index in [1.165, 1.54) is 11.1 Å². The first kappa shape index (κ1) is 17.6. The van der Waals surface area contributed by atoms with Crippen LogP contribution in [0.2, 0.25) is 0 Å². The van der Waals surface area contributed by atoms with E-state index < -0.39 is 10.0 Å². The highest BCUT2D eigenvalue weighted by molar-refractivity contribution is 7.89. The summed E-state index contributed by atoms with van der Waals surface area (Å²) in [4.78, 5) is 27.9. The number of carbonyl (C=O) groups excluding carboxylic acids is 2. The van der Waals surface area contributed by atoms with E-state index in [4.69, 9.17) is 4.74 Å². The number of sulfonamides is 1. The molecular weight excluding hydrogens is 324 g/mol. The van der Waals surface area contributed by atoms with Crippen molar-refractivity contribution in [2.75, 3.05) is 26.3 Å². The number of carbonyl (C=O) groups is 2. The molecule has 0 atom stereocenters. The second-order valence-corrected chi connectivity index (χ2v) is 6.90. The second-order valence-electron chi connectivity index (χ2n) is 5.19. The van der Waals surface area contributed by atoms with Crippen molar-refractivity contribution in [3.05, 3.63) is 12.0 Å². The zero-order valence-electron chi connectivity index (χ0n) is 13.1. The normalized spacial score (nSPS) is 15.7. The van der Waals surface area contributed by atoms with E-state index in [-0.39, 0.29) is 56.0 Å². The molecule has 0 aliphatic carbocycles.